The molecule has 0 unspecified atom stereocenters. The molecule has 1 N–H and O–H groups in total. The Labute approximate surface area is 173 Å². The van der Waals surface area contributed by atoms with E-state index in [-0.39, 0.29) is 18.5 Å². The third-order valence-electron chi connectivity index (χ3n) is 6.45. The average molecular weight is 413 g/mol. The number of hydrogen-bond acceptors (Lipinski definition) is 3. The van der Waals surface area contributed by atoms with Crippen molar-refractivity contribution < 1.29 is 13.2 Å². The highest BCUT2D eigenvalue weighted by molar-refractivity contribution is 7.92. The van der Waals surface area contributed by atoms with Crippen LogP contribution in [0.4, 0.5) is 5.69 Å². The number of sulfonamides is 1. The normalized spacial score (nSPS) is 23.2. The van der Waals surface area contributed by atoms with E-state index in [2.05, 4.69) is 5.32 Å². The first-order chi connectivity index (χ1) is 13.8. The monoisotopic (exact) mass is 412 g/mol. The molecule has 154 valence electrons. The molecule has 0 spiro atoms. The van der Waals surface area contributed by atoms with E-state index >= 15 is 0 Å². The van der Waals surface area contributed by atoms with Crippen molar-refractivity contribution in [2.75, 3.05) is 10.6 Å². The molecule has 2 aliphatic rings. The van der Waals surface area contributed by atoms with E-state index in [9.17, 15) is 13.2 Å². The fourth-order valence-corrected chi connectivity index (χ4v) is 5.67. The summed E-state index contributed by atoms with van der Waals surface area (Å²) in [4.78, 5) is 12.6. The number of fused-ring (bicyclic) bond motifs is 2. The van der Waals surface area contributed by atoms with Crippen LogP contribution in [0.3, 0.4) is 0 Å². The van der Waals surface area contributed by atoms with E-state index in [0.717, 1.165) is 23.5 Å². The maximum Gasteiger partial charge on any atom is 0.251 e. The van der Waals surface area contributed by atoms with Crippen molar-refractivity contribution in [3.63, 3.8) is 0 Å². The van der Waals surface area contributed by atoms with Gasteiger partial charge in [-0.15, -0.1) is 0 Å². The van der Waals surface area contributed by atoms with Gasteiger partial charge in [0, 0.05) is 11.6 Å². The lowest BCUT2D eigenvalue weighted by Gasteiger charge is -2.24. The van der Waals surface area contributed by atoms with Crippen LogP contribution in [-0.4, -0.2) is 26.6 Å². The summed E-state index contributed by atoms with van der Waals surface area (Å²) in [6.45, 7) is 2.24. The molecule has 2 aromatic rings. The Morgan fingerprint density at radius 2 is 1.79 bits per heavy atom. The SMILES string of the molecule is Cc1ccccc1CN(c1ccc(C(=O)N[C@@H]2C[C@H]3CC[C@H]2C3)cc1)S(C)(=O)=O. The van der Waals surface area contributed by atoms with Gasteiger partial charge < -0.3 is 5.32 Å². The van der Waals surface area contributed by atoms with Crippen molar-refractivity contribution in [2.24, 2.45) is 11.8 Å². The van der Waals surface area contributed by atoms with Gasteiger partial charge in [0.2, 0.25) is 10.0 Å². The van der Waals surface area contributed by atoms with Crippen molar-refractivity contribution in [1.82, 2.24) is 5.32 Å². The molecule has 4 rings (SSSR count). The number of hydrogen-bond donors (Lipinski definition) is 1. The summed E-state index contributed by atoms with van der Waals surface area (Å²) in [5.74, 6) is 1.33. The van der Waals surface area contributed by atoms with E-state index in [1.165, 1.54) is 29.8 Å². The summed E-state index contributed by atoms with van der Waals surface area (Å²) in [6.07, 6.45) is 6.06. The predicted octanol–water partition coefficient (Wildman–Crippen LogP) is 3.88. The molecule has 2 aromatic carbocycles. The third-order valence-corrected chi connectivity index (χ3v) is 7.59. The predicted molar refractivity (Wildman–Crippen MR) is 115 cm³/mol. The van der Waals surface area contributed by atoms with Gasteiger partial charge in [-0.1, -0.05) is 30.7 Å². The first-order valence-electron chi connectivity index (χ1n) is 10.2. The summed E-state index contributed by atoms with van der Waals surface area (Å²) in [6, 6.07) is 14.9. The van der Waals surface area contributed by atoms with Crippen LogP contribution in [0.5, 0.6) is 0 Å². The highest BCUT2D eigenvalue weighted by Gasteiger charge is 2.40. The zero-order valence-corrected chi connectivity index (χ0v) is 17.8. The Hall–Kier alpha value is -2.34. The molecule has 0 saturated heterocycles. The van der Waals surface area contributed by atoms with Gasteiger partial charge in [0.1, 0.15) is 0 Å². The Kier molecular flexibility index (Phi) is 5.38. The van der Waals surface area contributed by atoms with Crippen LogP contribution in [0.1, 0.15) is 47.2 Å². The van der Waals surface area contributed by atoms with Crippen LogP contribution in [0, 0.1) is 18.8 Å². The standard InChI is InChI=1S/C23H28N2O3S/c1-16-5-3-4-6-20(16)15-25(29(2,27)28)21-11-9-18(10-12-21)23(26)24-22-14-17-7-8-19(22)13-17/h3-6,9-12,17,19,22H,7-8,13-15H2,1-2H3,(H,24,26)/t17-,19-,22+/m0/s1. The van der Waals surface area contributed by atoms with E-state index < -0.39 is 10.0 Å². The maximum atomic E-state index is 12.6. The Bertz CT molecular complexity index is 1000. The van der Waals surface area contributed by atoms with Gasteiger partial charge in [-0.3, -0.25) is 9.10 Å². The Morgan fingerprint density at radius 3 is 2.38 bits per heavy atom. The number of anilines is 1. The molecular formula is C23H28N2O3S. The van der Waals surface area contributed by atoms with E-state index in [1.54, 1.807) is 24.3 Å². The number of benzene rings is 2. The molecule has 0 aromatic heterocycles. The molecule has 0 radical (unpaired) electrons. The van der Waals surface area contributed by atoms with Gasteiger partial charge in [0.15, 0.2) is 0 Å². The summed E-state index contributed by atoms with van der Waals surface area (Å²) < 4.78 is 26.2. The highest BCUT2D eigenvalue weighted by Crippen LogP contribution is 2.44. The van der Waals surface area contributed by atoms with E-state index in [0.29, 0.717) is 17.2 Å². The summed E-state index contributed by atoms with van der Waals surface area (Å²) in [5.41, 5.74) is 3.13. The molecule has 0 heterocycles. The van der Waals surface area contributed by atoms with Crippen molar-refractivity contribution in [3.8, 4) is 0 Å². The van der Waals surface area contributed by atoms with Crippen molar-refractivity contribution in [2.45, 2.75) is 45.2 Å². The second kappa shape index (κ2) is 7.82. The van der Waals surface area contributed by atoms with Gasteiger partial charge >= 0.3 is 0 Å². The molecular weight excluding hydrogens is 384 g/mol. The molecule has 29 heavy (non-hydrogen) atoms. The lowest BCUT2D eigenvalue weighted by Crippen LogP contribution is -2.38. The number of carbonyl (C=O) groups excluding carboxylic acids is 1. The van der Waals surface area contributed by atoms with Crippen LogP contribution < -0.4 is 9.62 Å². The number of rotatable bonds is 6. The van der Waals surface area contributed by atoms with E-state index in [4.69, 9.17) is 0 Å². The first-order valence-corrected chi connectivity index (χ1v) is 12.1. The van der Waals surface area contributed by atoms with Crippen LogP contribution in [0.2, 0.25) is 0 Å². The zero-order valence-electron chi connectivity index (χ0n) is 17.0. The van der Waals surface area contributed by atoms with Crippen molar-refractivity contribution in [3.05, 3.63) is 65.2 Å². The summed E-state index contributed by atoms with van der Waals surface area (Å²) in [7, 11) is -3.46. The van der Waals surface area contributed by atoms with Crippen molar-refractivity contribution >= 4 is 21.6 Å². The van der Waals surface area contributed by atoms with Crippen LogP contribution in [0.25, 0.3) is 0 Å². The summed E-state index contributed by atoms with van der Waals surface area (Å²) >= 11 is 0. The fourth-order valence-electron chi connectivity index (χ4n) is 4.79. The quantitative estimate of drug-likeness (QED) is 0.783. The number of amides is 1. The fraction of sp³-hybridized carbons (Fsp3) is 0.435. The smallest absolute Gasteiger partial charge is 0.251 e. The van der Waals surface area contributed by atoms with Gasteiger partial charge in [-0.05, 0) is 73.4 Å². The molecule has 5 nitrogen and oxygen atoms in total. The number of carbonyl (C=O) groups is 1. The topological polar surface area (TPSA) is 66.5 Å². The second-order valence-electron chi connectivity index (χ2n) is 8.50. The van der Waals surface area contributed by atoms with Crippen LogP contribution >= 0.6 is 0 Å². The Balaban J connectivity index is 1.50. The van der Waals surface area contributed by atoms with Gasteiger partial charge in [0.05, 0.1) is 18.5 Å². The van der Waals surface area contributed by atoms with Gasteiger partial charge in [-0.2, -0.15) is 0 Å². The lowest BCUT2D eigenvalue weighted by molar-refractivity contribution is 0.0923. The number of nitrogens with one attached hydrogen (secondary N) is 1. The average Bonchev–Trinajstić information content (AvgIpc) is 3.30. The van der Waals surface area contributed by atoms with E-state index in [1.807, 2.05) is 31.2 Å². The Morgan fingerprint density at radius 1 is 1.07 bits per heavy atom. The third kappa shape index (κ3) is 4.32. The highest BCUT2D eigenvalue weighted by atomic mass is 32.2. The lowest BCUT2D eigenvalue weighted by atomic mass is 9.95. The molecule has 1 amide bonds. The minimum Gasteiger partial charge on any atom is -0.349 e. The first kappa shape index (κ1) is 20.0. The maximum absolute atomic E-state index is 12.6. The molecule has 2 saturated carbocycles. The molecule has 0 aliphatic heterocycles. The number of nitrogens with zero attached hydrogens (tertiary/aromatic N) is 1. The van der Waals surface area contributed by atoms with Crippen molar-refractivity contribution in [1.29, 1.82) is 0 Å². The molecule has 2 bridgehead atoms. The molecule has 3 atom stereocenters. The zero-order chi connectivity index (χ0) is 20.6. The minimum atomic E-state index is -3.46. The minimum absolute atomic E-state index is 0.0705. The van der Waals surface area contributed by atoms with Crippen LogP contribution in [0.15, 0.2) is 48.5 Å². The summed E-state index contributed by atoms with van der Waals surface area (Å²) in [5, 5.41) is 3.18. The molecule has 6 heteroatoms. The van der Waals surface area contributed by atoms with Gasteiger partial charge in [-0.25, -0.2) is 8.42 Å². The molecule has 2 fully saturated rings. The second-order valence-corrected chi connectivity index (χ2v) is 10.4. The molecule has 2 aliphatic carbocycles. The van der Waals surface area contributed by atoms with Crippen LogP contribution in [-0.2, 0) is 16.6 Å². The largest absolute Gasteiger partial charge is 0.349 e. The van der Waals surface area contributed by atoms with Gasteiger partial charge in [0.25, 0.3) is 5.91 Å². The number of aryl methyl sites for hydroxylation is 1.